The third-order valence-electron chi connectivity index (χ3n) is 1.99. The largest absolute Gasteiger partial charge is 0.488 e. The third kappa shape index (κ3) is 2.04. The van der Waals surface area contributed by atoms with Crippen molar-refractivity contribution in [2.75, 3.05) is 12.3 Å². The van der Waals surface area contributed by atoms with E-state index < -0.39 is 0 Å². The van der Waals surface area contributed by atoms with Crippen molar-refractivity contribution in [3.63, 3.8) is 0 Å². The van der Waals surface area contributed by atoms with E-state index >= 15 is 0 Å². The maximum atomic E-state index is 6.05. The van der Waals surface area contributed by atoms with E-state index in [0.717, 1.165) is 0 Å². The van der Waals surface area contributed by atoms with E-state index in [9.17, 15) is 0 Å². The highest BCUT2D eigenvalue weighted by atomic mass is 35.5. The van der Waals surface area contributed by atoms with Gasteiger partial charge in [0, 0.05) is 6.20 Å². The van der Waals surface area contributed by atoms with Crippen molar-refractivity contribution in [2.45, 2.75) is 13.8 Å². The zero-order chi connectivity index (χ0) is 11.7. The molecule has 86 valence electrons. The van der Waals surface area contributed by atoms with Crippen LogP contribution >= 0.6 is 11.6 Å². The van der Waals surface area contributed by atoms with Gasteiger partial charge in [0.2, 0.25) is 11.6 Å². The molecule has 0 unspecified atom stereocenters. The minimum absolute atomic E-state index is 0.205. The fourth-order valence-electron chi connectivity index (χ4n) is 1.30. The Labute approximate surface area is 98.2 Å². The molecule has 0 radical (unpaired) electrons. The number of nitrogen functional groups attached to an aromatic ring is 1. The predicted octanol–water partition coefficient (Wildman–Crippen LogP) is 2.00. The number of fused-ring (bicyclic) bond motifs is 1. The van der Waals surface area contributed by atoms with Crippen LogP contribution in [0.2, 0.25) is 5.02 Å². The molecule has 2 aromatic heterocycles. The van der Waals surface area contributed by atoms with Gasteiger partial charge in [-0.3, -0.25) is 0 Å². The van der Waals surface area contributed by atoms with E-state index in [4.69, 9.17) is 22.1 Å². The van der Waals surface area contributed by atoms with E-state index in [-0.39, 0.29) is 5.95 Å². The maximum Gasteiger partial charge on any atom is 0.240 e. The standard InChI is InChI=1S/C10H13ClN4O/c1-6(2)5-16-8-7(11)3-4-15-9(8)13-10(12)14-15/h3-4,6H,5H2,1-2H3,(H2,12,14). The lowest BCUT2D eigenvalue weighted by molar-refractivity contribution is 0.272. The third-order valence-corrected chi connectivity index (χ3v) is 2.29. The molecule has 0 aliphatic rings. The average molecular weight is 241 g/mol. The summed E-state index contributed by atoms with van der Waals surface area (Å²) in [6.45, 7) is 4.70. The number of hydrogen-bond acceptors (Lipinski definition) is 4. The highest BCUT2D eigenvalue weighted by Gasteiger charge is 2.12. The molecule has 0 aliphatic heterocycles. The van der Waals surface area contributed by atoms with Gasteiger partial charge in [0.25, 0.3) is 0 Å². The van der Waals surface area contributed by atoms with Crippen molar-refractivity contribution in [3.8, 4) is 5.75 Å². The average Bonchev–Trinajstić information content (AvgIpc) is 2.57. The molecule has 0 saturated heterocycles. The van der Waals surface area contributed by atoms with E-state index in [1.807, 2.05) is 0 Å². The van der Waals surface area contributed by atoms with Crippen molar-refractivity contribution >= 4 is 23.2 Å². The minimum atomic E-state index is 0.205. The molecule has 0 atom stereocenters. The second-order valence-corrected chi connectivity index (χ2v) is 4.34. The lowest BCUT2D eigenvalue weighted by Crippen LogP contribution is -2.06. The highest BCUT2D eigenvalue weighted by molar-refractivity contribution is 6.32. The van der Waals surface area contributed by atoms with Crippen LogP contribution in [0.1, 0.15) is 13.8 Å². The Morgan fingerprint density at radius 2 is 2.31 bits per heavy atom. The van der Waals surface area contributed by atoms with Crippen LogP contribution < -0.4 is 10.5 Å². The fraction of sp³-hybridized carbons (Fsp3) is 0.400. The van der Waals surface area contributed by atoms with E-state index in [0.29, 0.717) is 28.9 Å². The Morgan fingerprint density at radius 3 is 3.00 bits per heavy atom. The van der Waals surface area contributed by atoms with Crippen LogP contribution in [0.4, 0.5) is 5.95 Å². The monoisotopic (exact) mass is 240 g/mol. The SMILES string of the molecule is CC(C)COc1c(Cl)ccn2nc(N)nc12. The molecule has 2 aromatic rings. The number of halogens is 1. The number of anilines is 1. The van der Waals surface area contributed by atoms with Crippen LogP contribution in [-0.2, 0) is 0 Å². The van der Waals surface area contributed by atoms with E-state index in [1.54, 1.807) is 16.8 Å². The van der Waals surface area contributed by atoms with Crippen molar-refractivity contribution < 1.29 is 4.74 Å². The number of nitrogens with zero attached hydrogens (tertiary/aromatic N) is 3. The summed E-state index contributed by atoms with van der Waals surface area (Å²) in [5.74, 6) is 1.15. The van der Waals surface area contributed by atoms with Gasteiger partial charge in [-0.25, -0.2) is 4.52 Å². The molecule has 0 amide bonds. The zero-order valence-electron chi connectivity index (χ0n) is 9.14. The molecule has 2 N–H and O–H groups in total. The molecular weight excluding hydrogens is 228 g/mol. The van der Waals surface area contributed by atoms with Gasteiger partial charge < -0.3 is 10.5 Å². The molecule has 5 nitrogen and oxygen atoms in total. The van der Waals surface area contributed by atoms with Crippen LogP contribution in [0.3, 0.4) is 0 Å². The first-order valence-corrected chi connectivity index (χ1v) is 5.39. The zero-order valence-corrected chi connectivity index (χ0v) is 9.90. The normalized spacial score (nSPS) is 11.2. The summed E-state index contributed by atoms with van der Waals surface area (Å²) < 4.78 is 7.17. The quantitative estimate of drug-likeness (QED) is 0.891. The van der Waals surface area contributed by atoms with Gasteiger partial charge in [-0.15, -0.1) is 5.10 Å². The Hall–Kier alpha value is -1.49. The summed E-state index contributed by atoms with van der Waals surface area (Å²) in [4.78, 5) is 4.07. The van der Waals surface area contributed by atoms with Gasteiger partial charge in [-0.2, -0.15) is 4.98 Å². The summed E-state index contributed by atoms with van der Waals surface area (Å²) in [5, 5.41) is 4.50. The number of hydrogen-bond donors (Lipinski definition) is 1. The second-order valence-electron chi connectivity index (χ2n) is 3.94. The molecule has 2 heterocycles. The molecule has 0 aromatic carbocycles. The first kappa shape index (κ1) is 11.0. The van der Waals surface area contributed by atoms with Crippen LogP contribution in [0, 0.1) is 5.92 Å². The van der Waals surface area contributed by atoms with Gasteiger partial charge >= 0.3 is 0 Å². The summed E-state index contributed by atoms with van der Waals surface area (Å²) in [6, 6.07) is 1.71. The minimum Gasteiger partial charge on any atom is -0.488 e. The second kappa shape index (κ2) is 4.17. The van der Waals surface area contributed by atoms with Gasteiger partial charge in [-0.05, 0) is 12.0 Å². The Bertz CT molecular complexity index is 509. The lowest BCUT2D eigenvalue weighted by atomic mass is 10.2. The van der Waals surface area contributed by atoms with Crippen molar-refractivity contribution in [2.24, 2.45) is 5.92 Å². The van der Waals surface area contributed by atoms with E-state index in [1.165, 1.54) is 0 Å². The Kier molecular flexibility index (Phi) is 2.87. The molecule has 0 aliphatic carbocycles. The summed E-state index contributed by atoms with van der Waals surface area (Å²) >= 11 is 6.05. The fourth-order valence-corrected chi connectivity index (χ4v) is 1.50. The van der Waals surface area contributed by atoms with Crippen molar-refractivity contribution in [1.29, 1.82) is 0 Å². The molecule has 16 heavy (non-hydrogen) atoms. The predicted molar refractivity (Wildman–Crippen MR) is 62.7 cm³/mol. The van der Waals surface area contributed by atoms with E-state index in [2.05, 4.69) is 23.9 Å². The van der Waals surface area contributed by atoms with Gasteiger partial charge in [-0.1, -0.05) is 25.4 Å². The molecular formula is C10H13ClN4O. The number of ether oxygens (including phenoxy) is 1. The maximum absolute atomic E-state index is 6.05. The van der Waals surface area contributed by atoms with Crippen LogP contribution in [0.15, 0.2) is 12.3 Å². The molecule has 2 rings (SSSR count). The number of pyridine rings is 1. The molecule has 0 fully saturated rings. The number of nitrogens with two attached hydrogens (primary N) is 1. The summed E-state index contributed by atoms with van der Waals surface area (Å²) in [5.41, 5.74) is 6.07. The highest BCUT2D eigenvalue weighted by Crippen LogP contribution is 2.28. The molecule has 6 heteroatoms. The number of rotatable bonds is 3. The Morgan fingerprint density at radius 1 is 1.56 bits per heavy atom. The van der Waals surface area contributed by atoms with Crippen LogP contribution in [-0.4, -0.2) is 21.2 Å². The van der Waals surface area contributed by atoms with Gasteiger partial charge in [0.05, 0.1) is 11.6 Å². The topological polar surface area (TPSA) is 65.4 Å². The first-order valence-electron chi connectivity index (χ1n) is 5.01. The lowest BCUT2D eigenvalue weighted by Gasteiger charge is -2.10. The van der Waals surface area contributed by atoms with Crippen molar-refractivity contribution in [1.82, 2.24) is 14.6 Å². The summed E-state index contributed by atoms with van der Waals surface area (Å²) in [7, 11) is 0. The van der Waals surface area contributed by atoms with Crippen LogP contribution in [0.5, 0.6) is 5.75 Å². The molecule has 0 bridgehead atoms. The van der Waals surface area contributed by atoms with Crippen LogP contribution in [0.25, 0.3) is 5.65 Å². The molecule has 0 saturated carbocycles. The Balaban J connectivity index is 2.44. The summed E-state index contributed by atoms with van der Waals surface area (Å²) in [6.07, 6.45) is 1.70. The molecule has 0 spiro atoms. The van der Waals surface area contributed by atoms with Gasteiger partial charge in [0.15, 0.2) is 5.75 Å². The van der Waals surface area contributed by atoms with Gasteiger partial charge in [0.1, 0.15) is 0 Å². The first-order chi connectivity index (χ1) is 7.58. The smallest absolute Gasteiger partial charge is 0.240 e. The number of aromatic nitrogens is 3. The van der Waals surface area contributed by atoms with Crippen molar-refractivity contribution in [3.05, 3.63) is 17.3 Å².